The fraction of sp³-hybridized carbons (Fsp3) is 0.393. The monoisotopic (exact) mass is 429 g/mol. The van der Waals surface area contributed by atoms with Gasteiger partial charge in [0.25, 0.3) is 5.91 Å². The Kier molecular flexibility index (Phi) is 8.97. The predicted octanol–water partition coefficient (Wildman–Crippen LogP) is 7.46. The van der Waals surface area contributed by atoms with E-state index in [0.29, 0.717) is 5.56 Å². The number of pyridine rings is 1. The average molecular weight is 430 g/mol. The van der Waals surface area contributed by atoms with Gasteiger partial charge in [-0.3, -0.25) is 4.79 Å². The lowest BCUT2D eigenvalue weighted by molar-refractivity contribution is 0.0956. The van der Waals surface area contributed by atoms with Crippen molar-refractivity contribution in [1.29, 1.82) is 0 Å². The number of para-hydroxylation sites is 1. The van der Waals surface area contributed by atoms with Crippen molar-refractivity contribution in [3.8, 4) is 11.3 Å². The first kappa shape index (κ1) is 23.6. The van der Waals surface area contributed by atoms with Gasteiger partial charge >= 0.3 is 0 Å². The average Bonchev–Trinajstić information content (AvgIpc) is 2.81. The second kappa shape index (κ2) is 12.1. The van der Waals surface area contributed by atoms with E-state index in [1.165, 1.54) is 44.1 Å². The third kappa shape index (κ3) is 6.74. The molecule has 0 radical (unpaired) electrons. The summed E-state index contributed by atoms with van der Waals surface area (Å²) in [6.45, 7) is 6.29. The molecule has 3 aromatic rings. The van der Waals surface area contributed by atoms with Crippen LogP contribution in [-0.4, -0.2) is 16.6 Å². The number of hydrogen-bond donors (Lipinski definition) is 1. The molecule has 0 saturated carbocycles. The largest absolute Gasteiger partial charge is 0.272 e. The molecule has 0 bridgehead atoms. The van der Waals surface area contributed by atoms with Gasteiger partial charge in [-0.25, -0.2) is 10.4 Å². The number of carbonyl (C=O) groups excluding carboxylic acids is 1. The summed E-state index contributed by atoms with van der Waals surface area (Å²) in [5.74, 6) is -0.198. The minimum Gasteiger partial charge on any atom is -0.267 e. The number of nitrogens with zero attached hydrogens (tertiary/aromatic N) is 2. The maximum atomic E-state index is 13.0. The number of fused-ring (bicyclic) bond motifs is 1. The zero-order valence-corrected chi connectivity index (χ0v) is 19.7. The molecule has 0 saturated heterocycles. The Labute approximate surface area is 192 Å². The Morgan fingerprint density at radius 2 is 1.62 bits per heavy atom. The lowest BCUT2D eigenvalue weighted by Gasteiger charge is -2.10. The highest BCUT2D eigenvalue weighted by Crippen LogP contribution is 2.25. The molecule has 0 fully saturated rings. The van der Waals surface area contributed by atoms with Crippen LogP contribution in [0.4, 0.5) is 0 Å². The molecule has 0 aliphatic heterocycles. The summed E-state index contributed by atoms with van der Waals surface area (Å²) in [5, 5.41) is 5.20. The highest BCUT2D eigenvalue weighted by molar-refractivity contribution is 6.07. The van der Waals surface area contributed by atoms with Gasteiger partial charge in [-0.15, -0.1) is 0 Å². The van der Waals surface area contributed by atoms with Crippen molar-refractivity contribution >= 4 is 22.5 Å². The molecule has 0 unspecified atom stereocenters. The number of aryl methyl sites for hydroxylation is 1. The summed E-state index contributed by atoms with van der Waals surface area (Å²) in [5.41, 5.74) is 8.11. The number of hydrazone groups is 1. The molecule has 3 rings (SSSR count). The van der Waals surface area contributed by atoms with Gasteiger partial charge < -0.3 is 0 Å². The van der Waals surface area contributed by atoms with Gasteiger partial charge in [-0.2, -0.15) is 5.10 Å². The van der Waals surface area contributed by atoms with Crippen molar-refractivity contribution in [3.63, 3.8) is 0 Å². The second-order valence-corrected chi connectivity index (χ2v) is 8.60. The van der Waals surface area contributed by atoms with E-state index in [4.69, 9.17) is 4.98 Å². The molecule has 0 aliphatic rings. The molecule has 0 aliphatic carbocycles. The van der Waals surface area contributed by atoms with Gasteiger partial charge in [0.1, 0.15) is 0 Å². The smallest absolute Gasteiger partial charge is 0.267 e. The number of rotatable bonds is 11. The SMILES string of the molecule is CCCCCCCCCC(C)=NNC(=O)c1cc(-c2ccc(C)cc2)nc2ccccc12. The van der Waals surface area contributed by atoms with Crippen molar-refractivity contribution in [3.05, 3.63) is 65.7 Å². The Bertz CT molecular complexity index is 1050. The van der Waals surface area contributed by atoms with Crippen LogP contribution in [-0.2, 0) is 0 Å². The van der Waals surface area contributed by atoms with Crippen molar-refractivity contribution in [2.45, 2.75) is 72.1 Å². The molecule has 4 heteroatoms. The van der Waals surface area contributed by atoms with Gasteiger partial charge in [0, 0.05) is 16.7 Å². The van der Waals surface area contributed by atoms with Crippen LogP contribution in [0.5, 0.6) is 0 Å². The topological polar surface area (TPSA) is 54.4 Å². The van der Waals surface area contributed by atoms with Crippen LogP contribution >= 0.6 is 0 Å². The van der Waals surface area contributed by atoms with E-state index >= 15 is 0 Å². The van der Waals surface area contributed by atoms with E-state index in [9.17, 15) is 4.79 Å². The lowest BCUT2D eigenvalue weighted by Crippen LogP contribution is -2.19. The zero-order chi connectivity index (χ0) is 22.8. The molecule has 1 aromatic heterocycles. The Balaban J connectivity index is 1.67. The van der Waals surface area contributed by atoms with E-state index in [1.807, 2.05) is 49.4 Å². The first-order chi connectivity index (χ1) is 15.6. The van der Waals surface area contributed by atoms with Crippen molar-refractivity contribution in [1.82, 2.24) is 10.4 Å². The summed E-state index contributed by atoms with van der Waals surface area (Å²) in [4.78, 5) is 17.8. The van der Waals surface area contributed by atoms with Crippen molar-refractivity contribution in [2.75, 3.05) is 0 Å². The Morgan fingerprint density at radius 1 is 0.938 bits per heavy atom. The van der Waals surface area contributed by atoms with Crippen LogP contribution in [0.15, 0.2) is 59.7 Å². The highest BCUT2D eigenvalue weighted by Gasteiger charge is 2.13. The molecule has 0 spiro atoms. The maximum Gasteiger partial charge on any atom is 0.272 e. The highest BCUT2D eigenvalue weighted by atomic mass is 16.2. The lowest BCUT2D eigenvalue weighted by atomic mass is 10.0. The molecule has 4 nitrogen and oxygen atoms in total. The van der Waals surface area contributed by atoms with E-state index in [1.54, 1.807) is 0 Å². The Hall–Kier alpha value is -3.01. The first-order valence-corrected chi connectivity index (χ1v) is 11.9. The van der Waals surface area contributed by atoms with Crippen LogP contribution in [0, 0.1) is 6.92 Å². The minimum atomic E-state index is -0.198. The fourth-order valence-electron chi connectivity index (χ4n) is 3.84. The number of unbranched alkanes of at least 4 members (excludes halogenated alkanes) is 6. The Morgan fingerprint density at radius 3 is 2.38 bits per heavy atom. The van der Waals surface area contributed by atoms with Gasteiger partial charge in [-0.1, -0.05) is 93.5 Å². The second-order valence-electron chi connectivity index (χ2n) is 8.60. The molecule has 0 atom stereocenters. The van der Waals surface area contributed by atoms with Crippen LogP contribution in [0.1, 0.15) is 81.1 Å². The molecule has 1 amide bonds. The van der Waals surface area contributed by atoms with Crippen molar-refractivity contribution in [2.24, 2.45) is 5.10 Å². The summed E-state index contributed by atoms with van der Waals surface area (Å²) in [7, 11) is 0. The molecule has 2 aromatic carbocycles. The van der Waals surface area contributed by atoms with Crippen LogP contribution in [0.3, 0.4) is 0 Å². The zero-order valence-electron chi connectivity index (χ0n) is 19.7. The quantitative estimate of drug-likeness (QED) is 0.195. The number of benzene rings is 2. The number of amides is 1. The van der Waals surface area contributed by atoms with Crippen LogP contribution in [0.2, 0.25) is 0 Å². The van der Waals surface area contributed by atoms with Crippen LogP contribution < -0.4 is 5.43 Å². The van der Waals surface area contributed by atoms with E-state index in [2.05, 4.69) is 36.5 Å². The third-order valence-electron chi connectivity index (χ3n) is 5.80. The van der Waals surface area contributed by atoms with E-state index in [0.717, 1.165) is 40.7 Å². The summed E-state index contributed by atoms with van der Waals surface area (Å²) >= 11 is 0. The maximum absolute atomic E-state index is 13.0. The first-order valence-electron chi connectivity index (χ1n) is 11.9. The predicted molar refractivity (Wildman–Crippen MR) is 135 cm³/mol. The number of nitrogens with one attached hydrogen (secondary N) is 1. The van der Waals surface area contributed by atoms with Crippen molar-refractivity contribution < 1.29 is 4.79 Å². The summed E-state index contributed by atoms with van der Waals surface area (Å²) < 4.78 is 0. The minimum absolute atomic E-state index is 0.198. The molecular weight excluding hydrogens is 394 g/mol. The molecular formula is C28H35N3O. The number of carbonyl (C=O) groups is 1. The van der Waals surface area contributed by atoms with Gasteiger partial charge in [0.05, 0.1) is 16.8 Å². The van der Waals surface area contributed by atoms with Gasteiger partial charge in [0.15, 0.2) is 0 Å². The third-order valence-corrected chi connectivity index (χ3v) is 5.80. The van der Waals surface area contributed by atoms with E-state index < -0.39 is 0 Å². The summed E-state index contributed by atoms with van der Waals surface area (Å²) in [6.07, 6.45) is 9.81. The number of hydrogen-bond acceptors (Lipinski definition) is 3. The molecule has 168 valence electrons. The molecule has 1 N–H and O–H groups in total. The van der Waals surface area contributed by atoms with Gasteiger partial charge in [0.2, 0.25) is 0 Å². The number of aromatic nitrogens is 1. The van der Waals surface area contributed by atoms with Crippen LogP contribution in [0.25, 0.3) is 22.2 Å². The van der Waals surface area contributed by atoms with Gasteiger partial charge in [-0.05, 0) is 38.8 Å². The summed E-state index contributed by atoms with van der Waals surface area (Å²) in [6, 6.07) is 17.8. The normalized spacial score (nSPS) is 11.7. The fourth-order valence-corrected chi connectivity index (χ4v) is 3.84. The molecule has 32 heavy (non-hydrogen) atoms. The molecule has 1 heterocycles. The van der Waals surface area contributed by atoms with E-state index in [-0.39, 0.29) is 5.91 Å². The standard InChI is InChI=1S/C28H35N3O/c1-4-5-6-7-8-9-10-13-22(3)30-31-28(32)25-20-27(23-18-16-21(2)17-19-23)29-26-15-12-11-14-24(25)26/h11-12,14-20H,4-10,13H2,1-3H3,(H,31,32).